The smallest absolute Gasteiger partial charge is 0.0300 e. The molecule has 0 rings (SSSR count). The Morgan fingerprint density at radius 3 is 2.40 bits per heavy atom. The second kappa shape index (κ2) is 3.23. The monoisotopic (exact) mass is 67.0 g/mol. The van der Waals surface area contributed by atoms with Gasteiger partial charge in [0.2, 0.25) is 0 Å². The van der Waals surface area contributed by atoms with E-state index in [-0.39, 0.29) is 0 Å². The standard InChI is InChI=1S/C4H5N/c1-2-3-4-5/h2,5H,1H3. The molecule has 1 nitrogen and oxygen atoms in total. The molecule has 0 aliphatic carbocycles. The zero-order chi connectivity index (χ0) is 4.12. The number of hydrogen-bond acceptors (Lipinski definition) is 1. The van der Waals surface area contributed by atoms with Crippen LogP contribution in [0.1, 0.15) is 6.92 Å². The van der Waals surface area contributed by atoms with Crippen molar-refractivity contribution in [2.24, 2.45) is 0 Å². The molecule has 0 atom stereocenters. The molecule has 0 unspecified atom stereocenters. The van der Waals surface area contributed by atoms with Crippen molar-refractivity contribution in [2.45, 2.75) is 6.92 Å². The van der Waals surface area contributed by atoms with E-state index in [1.807, 2.05) is 5.87 Å². The largest absolute Gasteiger partial charge is 0.251 e. The van der Waals surface area contributed by atoms with Gasteiger partial charge in [-0.2, -0.15) is 0 Å². The highest BCUT2D eigenvalue weighted by Gasteiger charge is 1.31. The van der Waals surface area contributed by atoms with Gasteiger partial charge < -0.3 is 0 Å². The first-order chi connectivity index (χ1) is 2.41. The van der Waals surface area contributed by atoms with E-state index in [2.05, 4.69) is 5.73 Å². The van der Waals surface area contributed by atoms with Crippen LogP contribution in [0.5, 0.6) is 0 Å². The van der Waals surface area contributed by atoms with Gasteiger partial charge in [0.1, 0.15) is 0 Å². The highest BCUT2D eigenvalue weighted by Crippen LogP contribution is 1.46. The summed E-state index contributed by atoms with van der Waals surface area (Å²) in [6.45, 7) is 1.79. The zero-order valence-corrected chi connectivity index (χ0v) is 3.08. The second-order valence-electron chi connectivity index (χ2n) is 0.558. The van der Waals surface area contributed by atoms with Crippen molar-refractivity contribution in [3.05, 3.63) is 11.8 Å². The molecule has 1 heteroatoms. The molecule has 0 bridgehead atoms. The third-order valence-corrected chi connectivity index (χ3v) is 0.217. The van der Waals surface area contributed by atoms with Crippen molar-refractivity contribution in [1.82, 2.24) is 0 Å². The Hall–Kier alpha value is -0.770. The van der Waals surface area contributed by atoms with Gasteiger partial charge in [-0.05, 0) is 13.0 Å². The molecule has 0 aromatic heterocycles. The molecule has 5 heavy (non-hydrogen) atoms. The zero-order valence-electron chi connectivity index (χ0n) is 3.08. The highest BCUT2D eigenvalue weighted by atomic mass is 14.3. The van der Waals surface area contributed by atoms with E-state index in [1.54, 1.807) is 13.0 Å². The van der Waals surface area contributed by atoms with Crippen LogP contribution in [0, 0.1) is 5.41 Å². The van der Waals surface area contributed by atoms with Crippen LogP contribution in [-0.2, 0) is 0 Å². The van der Waals surface area contributed by atoms with E-state index in [0.717, 1.165) is 0 Å². The molecule has 0 saturated carbocycles. The summed E-state index contributed by atoms with van der Waals surface area (Å²) < 4.78 is 0. The minimum Gasteiger partial charge on any atom is -0.251 e. The molecule has 0 fully saturated rings. The third-order valence-electron chi connectivity index (χ3n) is 0.217. The van der Waals surface area contributed by atoms with Crippen LogP contribution in [0.15, 0.2) is 11.8 Å². The fourth-order valence-corrected chi connectivity index (χ4v) is 0.0722. The Kier molecular flexibility index (Phi) is 2.73. The Balaban J connectivity index is 3.75. The lowest BCUT2D eigenvalue weighted by molar-refractivity contribution is 1.59. The maximum atomic E-state index is 6.21. The van der Waals surface area contributed by atoms with Crippen LogP contribution in [0.2, 0.25) is 0 Å². The topological polar surface area (TPSA) is 23.9 Å². The quantitative estimate of drug-likeness (QED) is 0.322. The summed E-state index contributed by atoms with van der Waals surface area (Å²) in [5, 5.41) is 6.21. The summed E-state index contributed by atoms with van der Waals surface area (Å²) >= 11 is 0. The summed E-state index contributed by atoms with van der Waals surface area (Å²) in [5.74, 6) is 1.96. The van der Waals surface area contributed by atoms with Crippen molar-refractivity contribution in [3.8, 4) is 0 Å². The number of hydrogen-bond donors (Lipinski definition) is 1. The van der Waals surface area contributed by atoms with Crippen LogP contribution in [-0.4, -0.2) is 5.87 Å². The average molecular weight is 67.1 g/mol. The van der Waals surface area contributed by atoms with Gasteiger partial charge in [-0.15, -0.1) is 0 Å². The van der Waals surface area contributed by atoms with Crippen LogP contribution in [0.25, 0.3) is 0 Å². The molecular weight excluding hydrogens is 62.1 g/mol. The molecule has 0 aliphatic rings. The first-order valence-electron chi connectivity index (χ1n) is 1.37. The Morgan fingerprint density at radius 1 is 1.80 bits per heavy atom. The SMILES string of the molecule is CC=C=C=N. The average Bonchev–Trinajstić information content (AvgIpc) is 1.41. The molecule has 0 aliphatic heterocycles. The van der Waals surface area contributed by atoms with Crippen LogP contribution >= 0.6 is 0 Å². The van der Waals surface area contributed by atoms with E-state index in [4.69, 9.17) is 5.41 Å². The van der Waals surface area contributed by atoms with Gasteiger partial charge in [-0.1, -0.05) is 5.73 Å². The van der Waals surface area contributed by atoms with Crippen LogP contribution in [0.3, 0.4) is 0 Å². The highest BCUT2D eigenvalue weighted by molar-refractivity contribution is 5.45. The van der Waals surface area contributed by atoms with Crippen molar-refractivity contribution >= 4 is 5.87 Å². The van der Waals surface area contributed by atoms with Gasteiger partial charge in [0.15, 0.2) is 0 Å². The normalized spacial score (nSPS) is 4.20. The molecule has 0 spiro atoms. The summed E-state index contributed by atoms with van der Waals surface area (Å²) in [5.41, 5.74) is 2.40. The van der Waals surface area contributed by atoms with E-state index < -0.39 is 0 Å². The molecule has 0 saturated heterocycles. The van der Waals surface area contributed by atoms with Gasteiger partial charge >= 0.3 is 0 Å². The van der Waals surface area contributed by atoms with Gasteiger partial charge in [0.05, 0.1) is 0 Å². The fraction of sp³-hybridized carbons (Fsp3) is 0.250. The molecule has 26 valence electrons. The van der Waals surface area contributed by atoms with Crippen molar-refractivity contribution in [2.75, 3.05) is 0 Å². The van der Waals surface area contributed by atoms with Crippen molar-refractivity contribution < 1.29 is 0 Å². The third kappa shape index (κ3) is 3.23. The second-order valence-corrected chi connectivity index (χ2v) is 0.558. The maximum absolute atomic E-state index is 6.21. The lowest BCUT2D eigenvalue weighted by Gasteiger charge is -1.39. The molecule has 0 aromatic rings. The predicted octanol–water partition coefficient (Wildman–Crippen LogP) is 0.966. The van der Waals surface area contributed by atoms with Gasteiger partial charge in [0.25, 0.3) is 0 Å². The fourth-order valence-electron chi connectivity index (χ4n) is 0.0722. The van der Waals surface area contributed by atoms with E-state index in [1.165, 1.54) is 0 Å². The lowest BCUT2D eigenvalue weighted by atomic mass is 10.7. The first kappa shape index (κ1) is 4.23. The van der Waals surface area contributed by atoms with E-state index in [0.29, 0.717) is 0 Å². The van der Waals surface area contributed by atoms with Gasteiger partial charge in [0, 0.05) is 5.87 Å². The molecule has 0 aromatic carbocycles. The summed E-state index contributed by atoms with van der Waals surface area (Å²) in [6.07, 6.45) is 1.63. The van der Waals surface area contributed by atoms with Crippen LogP contribution in [0.4, 0.5) is 0 Å². The van der Waals surface area contributed by atoms with Crippen molar-refractivity contribution in [1.29, 1.82) is 5.41 Å². The number of nitrogens with one attached hydrogen (secondary N) is 1. The van der Waals surface area contributed by atoms with Gasteiger partial charge in [-0.25, -0.2) is 0 Å². The lowest BCUT2D eigenvalue weighted by Crippen LogP contribution is -1.29. The van der Waals surface area contributed by atoms with Crippen molar-refractivity contribution in [3.63, 3.8) is 0 Å². The Labute approximate surface area is 31.1 Å². The molecule has 0 amide bonds. The maximum Gasteiger partial charge on any atom is 0.0300 e. The predicted molar refractivity (Wildman–Crippen MR) is 21.5 cm³/mol. The van der Waals surface area contributed by atoms with E-state index in [9.17, 15) is 0 Å². The van der Waals surface area contributed by atoms with Gasteiger partial charge in [-0.3, -0.25) is 5.41 Å². The van der Waals surface area contributed by atoms with E-state index >= 15 is 0 Å². The molecular formula is C4H5N. The summed E-state index contributed by atoms with van der Waals surface area (Å²) in [4.78, 5) is 0. The summed E-state index contributed by atoms with van der Waals surface area (Å²) in [7, 11) is 0. The first-order valence-corrected chi connectivity index (χ1v) is 1.37. The summed E-state index contributed by atoms with van der Waals surface area (Å²) in [6, 6.07) is 0. The molecule has 1 N–H and O–H groups in total. The number of allylic oxidation sites excluding steroid dienone is 1. The minimum absolute atomic E-state index is 1.63. The molecule has 0 heterocycles. The number of rotatable bonds is 0. The Morgan fingerprint density at radius 2 is 2.40 bits per heavy atom. The van der Waals surface area contributed by atoms with Crippen LogP contribution < -0.4 is 0 Å². The Bertz CT molecular complexity index is 81.8. The molecule has 0 radical (unpaired) electrons. The minimum atomic E-state index is 1.63.